The molecule has 0 spiro atoms. The van der Waals surface area contributed by atoms with Crippen molar-refractivity contribution in [3.63, 3.8) is 0 Å². The maximum absolute atomic E-state index is 12.9. The van der Waals surface area contributed by atoms with E-state index in [1.54, 1.807) is 18.2 Å². The lowest BCUT2D eigenvalue weighted by atomic mass is 10.0. The van der Waals surface area contributed by atoms with Crippen molar-refractivity contribution in [2.24, 2.45) is 0 Å². The van der Waals surface area contributed by atoms with Crippen molar-refractivity contribution in [1.82, 2.24) is 0 Å². The van der Waals surface area contributed by atoms with Crippen molar-refractivity contribution < 1.29 is 27.5 Å². The van der Waals surface area contributed by atoms with Gasteiger partial charge in [0.25, 0.3) is 0 Å². The molecule has 4 nitrogen and oxygen atoms in total. The number of alkyl halides is 3. The Balaban J connectivity index is 2.20. The number of methoxy groups -OCH3 is 1. The molecule has 0 atom stereocenters. The molecule has 0 aliphatic heterocycles. The molecule has 7 heteroatoms. The Hall–Kier alpha value is -2.83. The van der Waals surface area contributed by atoms with Crippen molar-refractivity contribution in [2.75, 3.05) is 12.4 Å². The second kappa shape index (κ2) is 7.16. The molecule has 0 aliphatic rings. The highest BCUT2D eigenvalue weighted by Crippen LogP contribution is 2.34. The van der Waals surface area contributed by atoms with Crippen molar-refractivity contribution in [1.29, 1.82) is 0 Å². The van der Waals surface area contributed by atoms with Crippen LogP contribution in [0.3, 0.4) is 0 Å². The fourth-order valence-electron chi connectivity index (χ4n) is 2.19. The third-order valence-electron chi connectivity index (χ3n) is 3.28. The zero-order valence-electron chi connectivity index (χ0n) is 12.7. The van der Waals surface area contributed by atoms with Gasteiger partial charge in [-0.05, 0) is 23.8 Å². The number of benzene rings is 2. The highest BCUT2D eigenvalue weighted by molar-refractivity contribution is 5.97. The lowest BCUT2D eigenvalue weighted by Crippen LogP contribution is -2.19. The van der Waals surface area contributed by atoms with Crippen LogP contribution in [0, 0.1) is 0 Å². The first kappa shape index (κ1) is 17.5. The molecule has 1 N–H and O–H groups in total. The van der Waals surface area contributed by atoms with Gasteiger partial charge in [-0.25, -0.2) is 4.79 Å². The van der Waals surface area contributed by atoms with E-state index in [2.05, 4.69) is 10.1 Å². The predicted octanol–water partition coefficient (Wildman–Crippen LogP) is 3.67. The zero-order chi connectivity index (χ0) is 17.7. The van der Waals surface area contributed by atoms with Gasteiger partial charge < -0.3 is 10.1 Å². The van der Waals surface area contributed by atoms with E-state index in [-0.39, 0.29) is 17.7 Å². The molecular formula is C17H14F3NO3. The fourth-order valence-corrected chi connectivity index (χ4v) is 2.19. The quantitative estimate of drug-likeness (QED) is 0.866. The molecule has 126 valence electrons. The van der Waals surface area contributed by atoms with Crippen LogP contribution in [0.25, 0.3) is 0 Å². The number of rotatable bonds is 4. The number of carbonyl (C=O) groups is 2. The molecule has 2 aromatic rings. The average Bonchev–Trinajstić information content (AvgIpc) is 2.54. The molecule has 0 saturated heterocycles. The number of amides is 1. The number of ether oxygens (including phenoxy) is 1. The van der Waals surface area contributed by atoms with Gasteiger partial charge in [-0.1, -0.05) is 30.3 Å². The molecule has 0 heterocycles. The summed E-state index contributed by atoms with van der Waals surface area (Å²) >= 11 is 0. The molecular weight excluding hydrogens is 323 g/mol. The first-order valence-electron chi connectivity index (χ1n) is 6.95. The smallest absolute Gasteiger partial charge is 0.418 e. The summed E-state index contributed by atoms with van der Waals surface area (Å²) in [7, 11) is 1.21. The van der Waals surface area contributed by atoms with Gasteiger partial charge in [-0.2, -0.15) is 13.2 Å². The van der Waals surface area contributed by atoms with Crippen LogP contribution in [0.5, 0.6) is 0 Å². The van der Waals surface area contributed by atoms with Crippen LogP contribution in [0.1, 0.15) is 21.5 Å². The first-order valence-corrected chi connectivity index (χ1v) is 6.95. The summed E-state index contributed by atoms with van der Waals surface area (Å²) in [5.74, 6) is -1.28. The summed E-state index contributed by atoms with van der Waals surface area (Å²) in [6.45, 7) is 0. The van der Waals surface area contributed by atoms with Crippen LogP contribution >= 0.6 is 0 Å². The number of esters is 1. The van der Waals surface area contributed by atoms with Crippen molar-refractivity contribution in [3.8, 4) is 0 Å². The largest absolute Gasteiger partial charge is 0.465 e. The number of hydrogen-bond acceptors (Lipinski definition) is 3. The lowest BCUT2D eigenvalue weighted by molar-refractivity contribution is -0.137. The standard InChI is InChI=1S/C17H14F3NO3/c1-24-16(23)12-7-3-2-6-11(12)10-15(22)21-14-9-5-4-8-13(14)17(18,19)20/h2-9H,10H2,1H3,(H,21,22). The maximum Gasteiger partial charge on any atom is 0.418 e. The fraction of sp³-hybridized carbons (Fsp3) is 0.176. The maximum atomic E-state index is 12.9. The van der Waals surface area contributed by atoms with E-state index in [1.165, 1.54) is 31.4 Å². The average molecular weight is 337 g/mol. The van der Waals surface area contributed by atoms with Gasteiger partial charge in [0.1, 0.15) is 0 Å². The molecule has 0 aromatic heterocycles. The molecule has 2 aromatic carbocycles. The Morgan fingerprint density at radius 1 is 1.04 bits per heavy atom. The monoisotopic (exact) mass is 337 g/mol. The van der Waals surface area contributed by atoms with Gasteiger partial charge in [-0.15, -0.1) is 0 Å². The number of carbonyl (C=O) groups excluding carboxylic acids is 2. The van der Waals surface area contributed by atoms with Crippen LogP contribution in [0.15, 0.2) is 48.5 Å². The second-order valence-corrected chi connectivity index (χ2v) is 4.92. The molecule has 0 bridgehead atoms. The third kappa shape index (κ3) is 4.13. The van der Waals surface area contributed by atoms with Crippen molar-refractivity contribution in [3.05, 3.63) is 65.2 Å². The van der Waals surface area contributed by atoms with E-state index in [1.807, 2.05) is 0 Å². The summed E-state index contributed by atoms with van der Waals surface area (Å²) in [6, 6.07) is 11.0. The number of hydrogen-bond donors (Lipinski definition) is 1. The Morgan fingerprint density at radius 2 is 1.67 bits per heavy atom. The normalized spacial score (nSPS) is 11.0. The van der Waals surface area contributed by atoms with Gasteiger partial charge >= 0.3 is 12.1 Å². The topological polar surface area (TPSA) is 55.4 Å². The Morgan fingerprint density at radius 3 is 2.33 bits per heavy atom. The van der Waals surface area contributed by atoms with Crippen LogP contribution in [0.4, 0.5) is 18.9 Å². The van der Waals surface area contributed by atoms with Gasteiger partial charge in [0, 0.05) is 0 Å². The van der Waals surface area contributed by atoms with Gasteiger partial charge in [0.05, 0.1) is 30.3 Å². The Bertz CT molecular complexity index is 757. The number of nitrogens with one attached hydrogen (secondary N) is 1. The van der Waals surface area contributed by atoms with E-state index in [9.17, 15) is 22.8 Å². The predicted molar refractivity (Wildman–Crippen MR) is 81.6 cm³/mol. The van der Waals surface area contributed by atoms with Gasteiger partial charge in [0.15, 0.2) is 0 Å². The summed E-state index contributed by atoms with van der Waals surface area (Å²) in [6.07, 6.45) is -4.83. The first-order chi connectivity index (χ1) is 11.3. The highest BCUT2D eigenvalue weighted by atomic mass is 19.4. The molecule has 0 unspecified atom stereocenters. The summed E-state index contributed by atoms with van der Waals surface area (Å²) in [4.78, 5) is 23.8. The molecule has 0 radical (unpaired) electrons. The van der Waals surface area contributed by atoms with Crippen molar-refractivity contribution >= 4 is 17.6 Å². The number of halogens is 3. The van der Waals surface area contributed by atoms with E-state index in [4.69, 9.17) is 0 Å². The molecule has 2 rings (SSSR count). The number of para-hydroxylation sites is 1. The zero-order valence-corrected chi connectivity index (χ0v) is 12.7. The molecule has 0 aliphatic carbocycles. The Labute approximate surface area is 136 Å². The SMILES string of the molecule is COC(=O)c1ccccc1CC(=O)Nc1ccccc1C(F)(F)F. The number of anilines is 1. The van der Waals surface area contributed by atoms with Crippen molar-refractivity contribution in [2.45, 2.75) is 12.6 Å². The minimum absolute atomic E-state index is 0.194. The van der Waals surface area contributed by atoms with E-state index < -0.39 is 23.6 Å². The lowest BCUT2D eigenvalue weighted by Gasteiger charge is -2.14. The Kier molecular flexibility index (Phi) is 5.23. The van der Waals surface area contributed by atoms with Gasteiger partial charge in [0.2, 0.25) is 5.91 Å². The van der Waals surface area contributed by atoms with E-state index in [0.29, 0.717) is 5.56 Å². The van der Waals surface area contributed by atoms with Crippen LogP contribution in [0.2, 0.25) is 0 Å². The van der Waals surface area contributed by atoms with Crippen LogP contribution in [-0.2, 0) is 22.1 Å². The van der Waals surface area contributed by atoms with Crippen LogP contribution in [-0.4, -0.2) is 19.0 Å². The second-order valence-electron chi connectivity index (χ2n) is 4.92. The van der Waals surface area contributed by atoms with E-state index >= 15 is 0 Å². The van der Waals surface area contributed by atoms with Gasteiger partial charge in [-0.3, -0.25) is 4.79 Å². The highest BCUT2D eigenvalue weighted by Gasteiger charge is 2.33. The summed E-state index contributed by atoms with van der Waals surface area (Å²) in [5.41, 5.74) is -0.698. The van der Waals surface area contributed by atoms with Crippen LogP contribution < -0.4 is 5.32 Å². The summed E-state index contributed by atoms with van der Waals surface area (Å²) < 4.78 is 43.4. The minimum atomic E-state index is -4.58. The molecule has 1 amide bonds. The minimum Gasteiger partial charge on any atom is -0.465 e. The third-order valence-corrected chi connectivity index (χ3v) is 3.28. The molecule has 24 heavy (non-hydrogen) atoms. The molecule has 0 saturated carbocycles. The molecule has 0 fully saturated rings. The van der Waals surface area contributed by atoms with E-state index in [0.717, 1.165) is 6.07 Å². The summed E-state index contributed by atoms with van der Waals surface area (Å²) in [5, 5.41) is 2.24.